The van der Waals surface area contributed by atoms with Gasteiger partial charge in [0, 0.05) is 137 Å². The summed E-state index contributed by atoms with van der Waals surface area (Å²) in [5, 5.41) is 60.9. The van der Waals surface area contributed by atoms with E-state index in [1.54, 1.807) is 63.6 Å². The van der Waals surface area contributed by atoms with Crippen LogP contribution in [0.3, 0.4) is 0 Å². The van der Waals surface area contributed by atoms with Gasteiger partial charge in [-0.3, -0.25) is 52.6 Å². The number of hydrogen-bond donors (Lipinski definition) is 2. The van der Waals surface area contributed by atoms with E-state index in [9.17, 15) is 4.79 Å². The number of rotatable bonds is 12. The SMILES string of the molecule is CC(=O)NC[C@@H]1C[C@]12N=C(c1ccc(Cl)cc1)c1c(sc(C)c1C)-n1c(C)nnc12.CCNC[C@@H]1C[C@]12N=C(c1ccc(Cl)cc1)c1c(sc(C)c1C)-n1c(C)nnc12.CC[C@H]1C[C@@]12N=C(c1ccc(Cl)cc1)c1c(sc(C)c1C)-n1c(C)nnc12.CC[C@H]1C[C@@]12N=C(c1ccc(Cl)cc1)c1c(sc(C)c1C)-n1c(C)nnc12.Cc1sc2c(c1C)C(c1ccc(Cl)cc1)=NC1(CC1)c1nnc(C)n1-2. The van der Waals surface area contributed by atoms with E-state index in [1.807, 2.05) is 107 Å². The number of hydrogen-bond acceptors (Lipinski definition) is 22. The summed E-state index contributed by atoms with van der Waals surface area (Å²) in [6.45, 7) is 42.5. The van der Waals surface area contributed by atoms with Gasteiger partial charge in [0.15, 0.2) is 29.1 Å². The van der Waals surface area contributed by atoms with E-state index in [2.05, 4.69) is 223 Å². The predicted octanol–water partition coefficient (Wildman–Crippen LogP) is 24.2. The Bertz CT molecular complexity index is 7460. The van der Waals surface area contributed by atoms with E-state index in [0.717, 1.165) is 210 Å². The zero-order valence-corrected chi connectivity index (χ0v) is 88.3. The van der Waals surface area contributed by atoms with E-state index in [0.29, 0.717) is 29.3 Å². The molecule has 2 N–H and O–H groups in total. The van der Waals surface area contributed by atoms with Crippen molar-refractivity contribution in [2.24, 2.45) is 48.6 Å². The maximum atomic E-state index is 11.5. The van der Waals surface area contributed by atoms with Crippen molar-refractivity contribution in [3.63, 3.8) is 0 Å². The smallest absolute Gasteiger partial charge is 0.216 e. The molecule has 5 aliphatic heterocycles. The monoisotopic (exact) mass is 2020 g/mol. The van der Waals surface area contributed by atoms with Gasteiger partial charge < -0.3 is 10.6 Å². The topological polar surface area (TPSA) is 256 Å². The number of amides is 1. The van der Waals surface area contributed by atoms with Crippen LogP contribution in [0.25, 0.3) is 25.0 Å². The van der Waals surface area contributed by atoms with Crippen molar-refractivity contribution in [2.75, 3.05) is 19.6 Å². The number of benzene rings is 5. The minimum Gasteiger partial charge on any atom is -0.356 e. The van der Waals surface area contributed by atoms with Crippen LogP contribution in [0.4, 0.5) is 0 Å². The molecule has 15 aromatic rings. The first-order valence-electron chi connectivity index (χ1n) is 47.1. The molecule has 23 nitrogen and oxygen atoms in total. The number of fused-ring (bicyclic) bond motifs is 20. The normalized spacial score (nSPS) is 21.5. The molecule has 706 valence electrons. The van der Waals surface area contributed by atoms with Gasteiger partial charge in [0.2, 0.25) is 5.91 Å². The third-order valence-electron chi connectivity index (χ3n) is 29.5. The van der Waals surface area contributed by atoms with Crippen molar-refractivity contribution < 1.29 is 4.79 Å². The molecule has 25 rings (SSSR count). The van der Waals surface area contributed by atoms with Crippen molar-refractivity contribution in [3.05, 3.63) is 313 Å². The highest BCUT2D eigenvalue weighted by Crippen LogP contribution is 2.64. The lowest BCUT2D eigenvalue weighted by Crippen LogP contribution is -2.26. The van der Waals surface area contributed by atoms with Crippen molar-refractivity contribution in [3.8, 4) is 25.0 Å². The van der Waals surface area contributed by atoms with Crippen LogP contribution in [0.2, 0.25) is 25.1 Å². The zero-order valence-electron chi connectivity index (χ0n) is 80.4. The molecule has 5 aliphatic carbocycles. The van der Waals surface area contributed by atoms with Gasteiger partial charge >= 0.3 is 0 Å². The fraction of sp³-hybridized carbons (Fsp3) is 0.371. The molecule has 1 amide bonds. The van der Waals surface area contributed by atoms with Crippen LogP contribution in [0.5, 0.6) is 0 Å². The number of nitrogens with one attached hydrogen (secondary N) is 2. The molecule has 5 saturated carbocycles. The number of aryl methyl sites for hydroxylation is 10. The Kier molecular flexibility index (Phi) is 24.0. The molecule has 0 unspecified atom stereocenters. The highest BCUT2D eigenvalue weighted by Gasteiger charge is 2.64. The third kappa shape index (κ3) is 15.6. The summed E-state index contributed by atoms with van der Waals surface area (Å²) in [6, 6.07) is 40.0. The van der Waals surface area contributed by atoms with E-state index < -0.39 is 5.54 Å². The summed E-state index contributed by atoms with van der Waals surface area (Å²) in [5.74, 6) is 11.0. The molecular formula is C105H105Cl5N22OS5. The average molecular weight is 2030 g/mol. The van der Waals surface area contributed by atoms with E-state index in [-0.39, 0.29) is 34.0 Å². The molecule has 5 aromatic carbocycles. The fourth-order valence-corrected chi connectivity index (χ4v) is 27.4. The first-order valence-corrected chi connectivity index (χ1v) is 53.1. The average Bonchev–Trinajstić information content (AvgIpc) is 1.55. The largest absolute Gasteiger partial charge is 0.356 e. The first-order chi connectivity index (χ1) is 66.2. The lowest BCUT2D eigenvalue weighted by atomic mass is 9.99. The number of aromatic nitrogens is 15. The van der Waals surface area contributed by atoms with Gasteiger partial charge in [-0.1, -0.05) is 152 Å². The van der Waals surface area contributed by atoms with Crippen LogP contribution in [0, 0.1) is 128 Å². The van der Waals surface area contributed by atoms with E-state index in [1.165, 1.54) is 94.5 Å². The lowest BCUT2D eigenvalue weighted by molar-refractivity contribution is -0.119. The minimum atomic E-state index is -0.488. The number of nitrogens with zero attached hydrogens (tertiary/aromatic N) is 20. The van der Waals surface area contributed by atoms with Crippen molar-refractivity contribution >= 4 is 149 Å². The van der Waals surface area contributed by atoms with Crippen molar-refractivity contribution in [1.29, 1.82) is 0 Å². The van der Waals surface area contributed by atoms with Crippen LogP contribution in [0.15, 0.2) is 146 Å². The second kappa shape index (κ2) is 35.3. The lowest BCUT2D eigenvalue weighted by Gasteiger charge is -2.13. The number of thiophene rings is 5. The number of carbonyl (C=O) groups is 1. The Labute approximate surface area is 847 Å². The number of carbonyl (C=O) groups excluding carboxylic acids is 1. The highest BCUT2D eigenvalue weighted by molar-refractivity contribution is 7.16. The molecule has 5 fully saturated rings. The maximum absolute atomic E-state index is 11.5. The molecule has 8 atom stereocenters. The van der Waals surface area contributed by atoms with Crippen LogP contribution < -0.4 is 10.6 Å². The molecule has 10 aliphatic rings. The molecule has 10 aromatic heterocycles. The van der Waals surface area contributed by atoms with Gasteiger partial charge in [0.1, 0.15) is 81.8 Å². The standard InChI is InChI=1S/C22H22ClN5OS.C22H24ClN5S.2C21H21ClN4S.C19H17ClN4S/c1-11-12(2)30-20-18(11)19(15-5-7-17(23)8-6-15)25-22(9-16(22)10-24-14(4)29)21-27-26-13(3)28(20)21;1-5-24-11-16-10-22(16)21-27-26-14(4)28(21)20-18(12(2)13(3)29-20)19(25-22)15-6-8-17(23)9-7-15;2*1-5-15-10-21(15)20-25-24-13(4)26(20)19-17(11(2)12(3)27-19)18(23-21)14-6-8-16(22)9-7-14;1-10-11(2)25-17-15(10)16(13-4-6-14(20)7-5-13)21-19(8-9-19)18-23-22-12(3)24(17)18/h5-8,16H,9-10H2,1-4H3,(H,24,29);6-9,16,24H,5,10-11H2,1-4H3;2*6-9,15H,5,10H2,1-4H3;4-7H,8-9H2,1-3H3/t2*16-,22-;2*15-,21+;/m0000./s1. The summed E-state index contributed by atoms with van der Waals surface area (Å²) < 4.78 is 11.1. The summed E-state index contributed by atoms with van der Waals surface area (Å²) in [6.07, 6.45) is 8.11. The Hall–Kier alpha value is -10.5. The van der Waals surface area contributed by atoms with Crippen molar-refractivity contribution in [2.45, 2.75) is 211 Å². The van der Waals surface area contributed by atoms with Gasteiger partial charge in [0.25, 0.3) is 0 Å². The van der Waals surface area contributed by atoms with Gasteiger partial charge in [-0.05, 0) is 249 Å². The Balaban J connectivity index is 0.000000103. The Morgan fingerprint density at radius 3 is 0.775 bits per heavy atom. The molecule has 0 radical (unpaired) electrons. The van der Waals surface area contributed by atoms with Crippen LogP contribution in [-0.2, 0) is 32.5 Å². The Morgan fingerprint density at radius 2 is 0.543 bits per heavy atom. The van der Waals surface area contributed by atoms with Gasteiger partial charge in [-0.2, -0.15) is 0 Å². The summed E-state index contributed by atoms with van der Waals surface area (Å²) in [5.41, 5.74) is 21.4. The Morgan fingerprint density at radius 1 is 0.319 bits per heavy atom. The van der Waals surface area contributed by atoms with Crippen LogP contribution in [0.1, 0.15) is 245 Å². The highest BCUT2D eigenvalue weighted by atomic mass is 35.5. The summed E-state index contributed by atoms with van der Waals surface area (Å²) >= 11 is 39.7. The van der Waals surface area contributed by atoms with Crippen LogP contribution >= 0.6 is 115 Å². The zero-order chi connectivity index (χ0) is 96.7. The quantitative estimate of drug-likeness (QED) is 0.116. The molecular weight excluding hydrogens is 1920 g/mol. The van der Waals surface area contributed by atoms with E-state index >= 15 is 0 Å². The number of halogens is 5. The first kappa shape index (κ1) is 93.8. The molecule has 15 heterocycles. The number of aliphatic imine (C=N–C) groups is 5. The van der Waals surface area contributed by atoms with E-state index in [4.69, 9.17) is 83.0 Å². The molecule has 0 bridgehead atoms. The van der Waals surface area contributed by atoms with Gasteiger partial charge in [-0.25, -0.2) is 0 Å². The molecule has 138 heavy (non-hydrogen) atoms. The fourth-order valence-electron chi connectivity index (χ4n) is 20.7. The van der Waals surface area contributed by atoms with Gasteiger partial charge in [-0.15, -0.1) is 108 Å². The third-order valence-corrected chi connectivity index (χ3v) is 36.7. The van der Waals surface area contributed by atoms with Crippen LogP contribution in [-0.4, -0.2) is 128 Å². The predicted molar refractivity (Wildman–Crippen MR) is 561 cm³/mol. The van der Waals surface area contributed by atoms with Crippen molar-refractivity contribution in [1.82, 2.24) is 84.5 Å². The minimum absolute atomic E-state index is 0.0317. The maximum Gasteiger partial charge on any atom is 0.216 e. The second-order valence-electron chi connectivity index (χ2n) is 38.1. The molecule has 0 saturated heterocycles. The van der Waals surface area contributed by atoms with Gasteiger partial charge in [0.05, 0.1) is 28.6 Å². The second-order valence-corrected chi connectivity index (χ2v) is 46.3. The summed E-state index contributed by atoms with van der Waals surface area (Å²) in [4.78, 5) is 44.8. The molecule has 33 heteroatoms. The summed E-state index contributed by atoms with van der Waals surface area (Å²) in [7, 11) is 0. The molecule has 5 spiro atoms.